The SMILES string of the molecule is Cc1cc(C)c(C(N)CN(C)CCN2CCCC2)c(C)c1. The molecule has 1 aliphatic rings. The maximum absolute atomic E-state index is 6.48. The minimum atomic E-state index is 0.106. The number of likely N-dealkylation sites (tertiary alicyclic amines) is 1. The number of likely N-dealkylation sites (N-methyl/N-ethyl adjacent to an activating group) is 1. The molecule has 2 N–H and O–H groups in total. The summed E-state index contributed by atoms with van der Waals surface area (Å²) >= 11 is 0. The van der Waals surface area contributed by atoms with Gasteiger partial charge in [0.2, 0.25) is 0 Å². The van der Waals surface area contributed by atoms with Crippen molar-refractivity contribution in [3.63, 3.8) is 0 Å². The van der Waals surface area contributed by atoms with Crippen molar-refractivity contribution >= 4 is 0 Å². The molecule has 118 valence electrons. The van der Waals surface area contributed by atoms with E-state index in [-0.39, 0.29) is 6.04 Å². The number of nitrogens with zero attached hydrogens (tertiary/aromatic N) is 2. The van der Waals surface area contributed by atoms with Gasteiger partial charge >= 0.3 is 0 Å². The van der Waals surface area contributed by atoms with Gasteiger partial charge in [0, 0.05) is 25.7 Å². The highest BCUT2D eigenvalue weighted by molar-refractivity contribution is 5.39. The molecule has 0 aromatic heterocycles. The fraction of sp³-hybridized carbons (Fsp3) is 0.667. The molecule has 0 bridgehead atoms. The lowest BCUT2D eigenvalue weighted by Gasteiger charge is -2.26. The monoisotopic (exact) mass is 289 g/mol. The van der Waals surface area contributed by atoms with Crippen LogP contribution in [0.15, 0.2) is 12.1 Å². The Balaban J connectivity index is 1.89. The zero-order valence-electron chi connectivity index (χ0n) is 14.2. The summed E-state index contributed by atoms with van der Waals surface area (Å²) in [5.74, 6) is 0. The zero-order valence-corrected chi connectivity index (χ0v) is 14.2. The van der Waals surface area contributed by atoms with Crippen LogP contribution in [0.3, 0.4) is 0 Å². The number of hydrogen-bond acceptors (Lipinski definition) is 3. The summed E-state index contributed by atoms with van der Waals surface area (Å²) in [5.41, 5.74) is 11.8. The molecule has 1 unspecified atom stereocenters. The molecular formula is C18H31N3. The maximum atomic E-state index is 6.48. The molecule has 1 aliphatic heterocycles. The second kappa shape index (κ2) is 7.39. The van der Waals surface area contributed by atoms with Crippen LogP contribution in [-0.2, 0) is 0 Å². The molecule has 1 aromatic rings. The van der Waals surface area contributed by atoms with E-state index in [1.165, 1.54) is 54.7 Å². The molecule has 0 aliphatic carbocycles. The predicted octanol–water partition coefficient (Wildman–Crippen LogP) is 2.64. The van der Waals surface area contributed by atoms with Gasteiger partial charge in [0.05, 0.1) is 0 Å². The fourth-order valence-corrected chi connectivity index (χ4v) is 3.61. The molecule has 21 heavy (non-hydrogen) atoms. The second-order valence-corrected chi connectivity index (χ2v) is 6.73. The van der Waals surface area contributed by atoms with Crippen molar-refractivity contribution < 1.29 is 0 Å². The molecule has 1 atom stereocenters. The van der Waals surface area contributed by atoms with E-state index < -0.39 is 0 Å². The number of rotatable bonds is 6. The normalized spacial score (nSPS) is 17.6. The molecule has 1 fully saturated rings. The third kappa shape index (κ3) is 4.53. The van der Waals surface area contributed by atoms with Crippen LogP contribution >= 0.6 is 0 Å². The lowest BCUT2D eigenvalue weighted by molar-refractivity contribution is 0.248. The van der Waals surface area contributed by atoms with Gasteiger partial charge in [0.1, 0.15) is 0 Å². The largest absolute Gasteiger partial charge is 0.323 e. The Morgan fingerprint density at radius 2 is 1.71 bits per heavy atom. The van der Waals surface area contributed by atoms with Gasteiger partial charge in [-0.3, -0.25) is 0 Å². The van der Waals surface area contributed by atoms with E-state index in [2.05, 4.69) is 49.8 Å². The molecule has 2 rings (SSSR count). The average molecular weight is 289 g/mol. The minimum Gasteiger partial charge on any atom is -0.323 e. The van der Waals surface area contributed by atoms with Gasteiger partial charge < -0.3 is 15.5 Å². The molecule has 0 amide bonds. The highest BCUT2D eigenvalue weighted by atomic mass is 15.2. The van der Waals surface area contributed by atoms with Crippen LogP contribution in [0.1, 0.15) is 41.1 Å². The van der Waals surface area contributed by atoms with Gasteiger partial charge in [-0.05, 0) is 70.4 Å². The molecule has 0 saturated carbocycles. The topological polar surface area (TPSA) is 32.5 Å². The zero-order chi connectivity index (χ0) is 15.4. The first-order chi connectivity index (χ1) is 9.97. The van der Waals surface area contributed by atoms with Crippen LogP contribution in [-0.4, -0.2) is 49.6 Å². The maximum Gasteiger partial charge on any atom is 0.0429 e. The summed E-state index contributed by atoms with van der Waals surface area (Å²) in [6, 6.07) is 4.59. The van der Waals surface area contributed by atoms with E-state index in [1.54, 1.807) is 0 Å². The number of aryl methyl sites for hydroxylation is 3. The average Bonchev–Trinajstić information content (AvgIpc) is 2.88. The van der Waals surface area contributed by atoms with Gasteiger partial charge in [0.25, 0.3) is 0 Å². The Hall–Kier alpha value is -0.900. The van der Waals surface area contributed by atoms with E-state index >= 15 is 0 Å². The third-order valence-electron chi connectivity index (χ3n) is 4.61. The molecule has 0 spiro atoms. The van der Waals surface area contributed by atoms with Crippen molar-refractivity contribution in [2.45, 2.75) is 39.7 Å². The van der Waals surface area contributed by atoms with Crippen molar-refractivity contribution in [3.8, 4) is 0 Å². The van der Waals surface area contributed by atoms with Crippen LogP contribution < -0.4 is 5.73 Å². The summed E-state index contributed by atoms with van der Waals surface area (Å²) in [7, 11) is 2.19. The van der Waals surface area contributed by atoms with Gasteiger partial charge in [0.15, 0.2) is 0 Å². The Kier molecular flexibility index (Phi) is 5.80. The number of benzene rings is 1. The molecular weight excluding hydrogens is 258 g/mol. The summed E-state index contributed by atoms with van der Waals surface area (Å²) in [6.07, 6.45) is 2.73. The summed E-state index contributed by atoms with van der Waals surface area (Å²) < 4.78 is 0. The Morgan fingerprint density at radius 3 is 2.29 bits per heavy atom. The quantitative estimate of drug-likeness (QED) is 0.874. The van der Waals surface area contributed by atoms with Crippen LogP contribution in [0.5, 0.6) is 0 Å². The van der Waals surface area contributed by atoms with E-state index in [0.717, 1.165) is 13.1 Å². The fourth-order valence-electron chi connectivity index (χ4n) is 3.61. The Morgan fingerprint density at radius 1 is 1.14 bits per heavy atom. The van der Waals surface area contributed by atoms with Crippen molar-refractivity contribution in [1.29, 1.82) is 0 Å². The highest BCUT2D eigenvalue weighted by Gasteiger charge is 2.16. The first kappa shape index (κ1) is 16.5. The molecule has 1 aromatic carbocycles. The van der Waals surface area contributed by atoms with Gasteiger partial charge in [-0.2, -0.15) is 0 Å². The summed E-state index contributed by atoms with van der Waals surface area (Å²) in [5, 5.41) is 0. The van der Waals surface area contributed by atoms with Crippen LogP contribution in [0, 0.1) is 20.8 Å². The smallest absolute Gasteiger partial charge is 0.0429 e. The summed E-state index contributed by atoms with van der Waals surface area (Å²) in [6.45, 7) is 12.3. The van der Waals surface area contributed by atoms with Crippen molar-refractivity contribution in [2.75, 3.05) is 39.8 Å². The highest BCUT2D eigenvalue weighted by Crippen LogP contribution is 2.22. The van der Waals surface area contributed by atoms with Gasteiger partial charge in [-0.1, -0.05) is 17.7 Å². The van der Waals surface area contributed by atoms with E-state index in [1.807, 2.05) is 0 Å². The van der Waals surface area contributed by atoms with Crippen molar-refractivity contribution in [3.05, 3.63) is 34.4 Å². The Bertz CT molecular complexity index is 441. The third-order valence-corrected chi connectivity index (χ3v) is 4.61. The molecule has 3 heteroatoms. The molecule has 1 saturated heterocycles. The van der Waals surface area contributed by atoms with Crippen molar-refractivity contribution in [1.82, 2.24) is 9.80 Å². The first-order valence-corrected chi connectivity index (χ1v) is 8.21. The van der Waals surface area contributed by atoms with E-state index in [4.69, 9.17) is 5.73 Å². The van der Waals surface area contributed by atoms with Gasteiger partial charge in [-0.25, -0.2) is 0 Å². The van der Waals surface area contributed by atoms with Crippen LogP contribution in [0.25, 0.3) is 0 Å². The van der Waals surface area contributed by atoms with Crippen molar-refractivity contribution in [2.24, 2.45) is 5.73 Å². The standard InChI is InChI=1S/C18H31N3/c1-14-11-15(2)18(16(3)12-14)17(19)13-20(4)9-10-21-7-5-6-8-21/h11-12,17H,5-10,13,19H2,1-4H3. The number of hydrogen-bond donors (Lipinski definition) is 1. The Labute approximate surface area is 130 Å². The van der Waals surface area contributed by atoms with E-state index in [9.17, 15) is 0 Å². The van der Waals surface area contributed by atoms with Crippen LogP contribution in [0.2, 0.25) is 0 Å². The molecule has 0 radical (unpaired) electrons. The first-order valence-electron chi connectivity index (χ1n) is 8.21. The predicted molar refractivity (Wildman–Crippen MR) is 90.8 cm³/mol. The lowest BCUT2D eigenvalue weighted by Crippen LogP contribution is -2.36. The molecule has 1 heterocycles. The van der Waals surface area contributed by atoms with Gasteiger partial charge in [-0.15, -0.1) is 0 Å². The van der Waals surface area contributed by atoms with Crippen LogP contribution in [0.4, 0.5) is 0 Å². The minimum absolute atomic E-state index is 0.106. The lowest BCUT2D eigenvalue weighted by atomic mass is 9.94. The molecule has 3 nitrogen and oxygen atoms in total. The second-order valence-electron chi connectivity index (χ2n) is 6.73. The van der Waals surface area contributed by atoms with E-state index in [0.29, 0.717) is 0 Å². The summed E-state index contributed by atoms with van der Waals surface area (Å²) in [4.78, 5) is 4.94. The number of nitrogens with two attached hydrogens (primary N) is 1.